The van der Waals surface area contributed by atoms with Gasteiger partial charge in [0.05, 0.1) is 12.7 Å². The summed E-state index contributed by atoms with van der Waals surface area (Å²) in [6.07, 6.45) is 1.23. The summed E-state index contributed by atoms with van der Waals surface area (Å²) in [6.45, 7) is 0.426. The highest BCUT2D eigenvalue weighted by atomic mass is 32.2. The van der Waals surface area contributed by atoms with Crippen LogP contribution in [-0.2, 0) is 24.4 Å². The second kappa shape index (κ2) is 6.85. The Morgan fingerprint density at radius 1 is 1.33 bits per heavy atom. The van der Waals surface area contributed by atoms with Crippen molar-refractivity contribution in [2.45, 2.75) is 25.3 Å². The van der Waals surface area contributed by atoms with E-state index in [1.807, 2.05) is 0 Å². The van der Waals surface area contributed by atoms with Gasteiger partial charge in [-0.15, -0.1) is 0 Å². The second-order valence-electron chi connectivity index (χ2n) is 5.01. The van der Waals surface area contributed by atoms with Gasteiger partial charge >= 0.3 is 5.97 Å². The summed E-state index contributed by atoms with van der Waals surface area (Å²) in [5, 5.41) is 11.2. The third-order valence-corrected chi connectivity index (χ3v) is 4.62. The van der Waals surface area contributed by atoms with E-state index in [1.165, 1.54) is 4.31 Å². The van der Waals surface area contributed by atoms with Crippen molar-refractivity contribution in [3.8, 4) is 0 Å². The van der Waals surface area contributed by atoms with Crippen molar-refractivity contribution >= 4 is 27.8 Å². The molecule has 0 aromatic heterocycles. The zero-order valence-electron chi connectivity index (χ0n) is 11.6. The van der Waals surface area contributed by atoms with Crippen molar-refractivity contribution in [2.75, 3.05) is 19.3 Å². The molecule has 0 aromatic rings. The number of rotatable bonds is 6. The molecule has 21 heavy (non-hydrogen) atoms. The summed E-state index contributed by atoms with van der Waals surface area (Å²) in [6, 6.07) is -1.36. The molecule has 1 fully saturated rings. The van der Waals surface area contributed by atoms with Crippen LogP contribution < -0.4 is 11.1 Å². The summed E-state index contributed by atoms with van der Waals surface area (Å²) in [5.74, 6) is -3.14. The summed E-state index contributed by atoms with van der Waals surface area (Å²) < 4.78 is 24.0. The predicted octanol–water partition coefficient (Wildman–Crippen LogP) is -1.90. The van der Waals surface area contributed by atoms with E-state index in [2.05, 4.69) is 5.32 Å². The molecule has 0 unspecified atom stereocenters. The molecule has 1 atom stereocenters. The first-order valence-corrected chi connectivity index (χ1v) is 8.22. The van der Waals surface area contributed by atoms with E-state index in [1.54, 1.807) is 0 Å². The van der Waals surface area contributed by atoms with Crippen LogP contribution in [0.15, 0.2) is 0 Å². The van der Waals surface area contributed by atoms with Gasteiger partial charge < -0.3 is 16.2 Å². The fourth-order valence-corrected chi connectivity index (χ4v) is 3.01. The third kappa shape index (κ3) is 5.31. The molecule has 0 bridgehead atoms. The quantitative estimate of drug-likeness (QED) is 0.521. The molecule has 1 saturated heterocycles. The van der Waals surface area contributed by atoms with Gasteiger partial charge in [0, 0.05) is 19.0 Å². The van der Waals surface area contributed by atoms with Crippen LogP contribution >= 0.6 is 0 Å². The minimum atomic E-state index is -3.28. The van der Waals surface area contributed by atoms with Gasteiger partial charge in [-0.3, -0.25) is 9.59 Å². The lowest BCUT2D eigenvalue weighted by atomic mass is 9.96. The zero-order valence-corrected chi connectivity index (χ0v) is 12.4. The van der Waals surface area contributed by atoms with Crippen molar-refractivity contribution < 1.29 is 27.9 Å². The van der Waals surface area contributed by atoms with Gasteiger partial charge in [0.25, 0.3) is 0 Å². The van der Waals surface area contributed by atoms with Crippen molar-refractivity contribution in [1.29, 1.82) is 0 Å². The molecule has 2 amide bonds. The van der Waals surface area contributed by atoms with E-state index < -0.39 is 46.2 Å². The molecule has 1 aliphatic rings. The number of hydrogen-bond acceptors (Lipinski definition) is 5. The SMILES string of the molecule is CS(=O)(=O)N1CCC(C(=O)N[C@@H](CC(N)=O)C(=O)O)CC1. The van der Waals surface area contributed by atoms with E-state index in [4.69, 9.17) is 10.8 Å². The second-order valence-corrected chi connectivity index (χ2v) is 6.99. The molecule has 10 heteroatoms. The Hall–Kier alpha value is -1.68. The first kappa shape index (κ1) is 17.4. The van der Waals surface area contributed by atoms with Crippen LogP contribution in [0.25, 0.3) is 0 Å². The Morgan fingerprint density at radius 2 is 1.86 bits per heavy atom. The minimum absolute atomic E-state index is 0.213. The predicted molar refractivity (Wildman–Crippen MR) is 72.5 cm³/mol. The number of sulfonamides is 1. The number of nitrogens with two attached hydrogens (primary N) is 1. The van der Waals surface area contributed by atoms with Gasteiger partial charge in [0.15, 0.2) is 0 Å². The standard InChI is InChI=1S/C11H19N3O6S/c1-21(19,20)14-4-2-7(3-5-14)10(16)13-8(11(17)18)6-9(12)15/h7-8H,2-6H2,1H3,(H2,12,15)(H,13,16)(H,17,18)/t8-/m0/s1. The maximum absolute atomic E-state index is 12.0. The van der Waals surface area contributed by atoms with Crippen LogP contribution in [0.4, 0.5) is 0 Å². The summed E-state index contributed by atoms with van der Waals surface area (Å²) >= 11 is 0. The number of nitrogens with one attached hydrogen (secondary N) is 1. The molecular formula is C11H19N3O6S. The molecule has 0 saturated carbocycles. The summed E-state index contributed by atoms with van der Waals surface area (Å²) in [5.41, 5.74) is 4.92. The molecule has 0 aliphatic carbocycles. The number of hydrogen-bond donors (Lipinski definition) is 3. The van der Waals surface area contributed by atoms with Crippen LogP contribution in [0, 0.1) is 5.92 Å². The number of amides is 2. The number of carboxylic acid groups (broad SMARTS) is 1. The number of carboxylic acids is 1. The molecule has 0 spiro atoms. The molecule has 9 nitrogen and oxygen atoms in total. The van der Waals surface area contributed by atoms with E-state index in [9.17, 15) is 22.8 Å². The zero-order chi connectivity index (χ0) is 16.2. The number of carbonyl (C=O) groups excluding carboxylic acids is 2. The van der Waals surface area contributed by atoms with Crippen molar-refractivity contribution in [1.82, 2.24) is 9.62 Å². The number of primary amides is 1. The van der Waals surface area contributed by atoms with Gasteiger partial charge in [-0.25, -0.2) is 17.5 Å². The highest BCUT2D eigenvalue weighted by molar-refractivity contribution is 7.88. The fourth-order valence-electron chi connectivity index (χ4n) is 2.14. The maximum Gasteiger partial charge on any atom is 0.326 e. The van der Waals surface area contributed by atoms with E-state index in [0.29, 0.717) is 12.8 Å². The Labute approximate surface area is 122 Å². The number of aliphatic carboxylic acids is 1. The van der Waals surface area contributed by atoms with E-state index >= 15 is 0 Å². The first-order chi connectivity index (χ1) is 9.61. The van der Waals surface area contributed by atoms with Crippen LogP contribution in [0.5, 0.6) is 0 Å². The molecular weight excluding hydrogens is 302 g/mol. The number of carbonyl (C=O) groups is 3. The van der Waals surface area contributed by atoms with Gasteiger partial charge in [-0.2, -0.15) is 0 Å². The normalized spacial score (nSPS) is 18.9. The highest BCUT2D eigenvalue weighted by Crippen LogP contribution is 2.19. The van der Waals surface area contributed by atoms with Gasteiger partial charge in [-0.05, 0) is 12.8 Å². The Kier molecular flexibility index (Phi) is 5.67. The topological polar surface area (TPSA) is 147 Å². The van der Waals surface area contributed by atoms with Crippen LogP contribution in [0.2, 0.25) is 0 Å². The lowest BCUT2D eigenvalue weighted by Gasteiger charge is -2.30. The first-order valence-electron chi connectivity index (χ1n) is 6.38. The number of piperidine rings is 1. The van der Waals surface area contributed by atoms with Gasteiger partial charge in [-0.1, -0.05) is 0 Å². The third-order valence-electron chi connectivity index (χ3n) is 3.31. The smallest absolute Gasteiger partial charge is 0.326 e. The van der Waals surface area contributed by atoms with Gasteiger partial charge in [0.2, 0.25) is 21.8 Å². The average Bonchev–Trinajstić information content (AvgIpc) is 2.36. The molecule has 0 radical (unpaired) electrons. The molecule has 120 valence electrons. The lowest BCUT2D eigenvalue weighted by Crippen LogP contribution is -2.48. The lowest BCUT2D eigenvalue weighted by molar-refractivity contribution is -0.144. The van der Waals surface area contributed by atoms with E-state index in [-0.39, 0.29) is 13.1 Å². The van der Waals surface area contributed by atoms with Crippen molar-refractivity contribution in [3.63, 3.8) is 0 Å². The average molecular weight is 321 g/mol. The molecule has 1 aliphatic heterocycles. The van der Waals surface area contributed by atoms with Gasteiger partial charge in [0.1, 0.15) is 6.04 Å². The molecule has 1 heterocycles. The van der Waals surface area contributed by atoms with E-state index in [0.717, 1.165) is 6.26 Å². The van der Waals surface area contributed by atoms with Crippen molar-refractivity contribution in [2.24, 2.45) is 11.7 Å². The Morgan fingerprint density at radius 3 is 2.24 bits per heavy atom. The number of nitrogens with zero attached hydrogens (tertiary/aromatic N) is 1. The molecule has 4 N–H and O–H groups in total. The molecule has 1 rings (SSSR count). The molecule has 0 aromatic carbocycles. The van der Waals surface area contributed by atoms with Crippen LogP contribution in [0.1, 0.15) is 19.3 Å². The van der Waals surface area contributed by atoms with Crippen molar-refractivity contribution in [3.05, 3.63) is 0 Å². The largest absolute Gasteiger partial charge is 0.480 e. The van der Waals surface area contributed by atoms with Crippen LogP contribution in [0.3, 0.4) is 0 Å². The maximum atomic E-state index is 12.0. The monoisotopic (exact) mass is 321 g/mol. The summed E-state index contributed by atoms with van der Waals surface area (Å²) in [4.78, 5) is 33.6. The Balaban J connectivity index is 2.57. The fraction of sp³-hybridized carbons (Fsp3) is 0.727. The Bertz CT molecular complexity index is 524. The minimum Gasteiger partial charge on any atom is -0.480 e. The highest BCUT2D eigenvalue weighted by Gasteiger charge is 2.31. The summed E-state index contributed by atoms with van der Waals surface area (Å²) in [7, 11) is -3.28. The van der Waals surface area contributed by atoms with Crippen LogP contribution in [-0.4, -0.2) is 61.0 Å².